The van der Waals surface area contributed by atoms with Gasteiger partial charge in [-0.2, -0.15) is 0 Å². The maximum Gasteiger partial charge on any atom is 0.196 e. The molecule has 0 fully saturated rings. The first kappa shape index (κ1) is 19.4. The normalized spacial score (nSPS) is 10.8. The molecular formula is C21H16ClFN4OS. The molecule has 0 spiro atoms. The molecule has 0 saturated carbocycles. The number of hydrogen-bond acceptors (Lipinski definition) is 5. The predicted molar refractivity (Wildman–Crippen MR) is 112 cm³/mol. The minimum atomic E-state index is -0.350. The topological polar surface area (TPSA) is 52.8 Å². The molecule has 0 aliphatic heterocycles. The van der Waals surface area contributed by atoms with E-state index >= 15 is 0 Å². The summed E-state index contributed by atoms with van der Waals surface area (Å²) in [6.45, 7) is 0.457. The summed E-state index contributed by atoms with van der Waals surface area (Å²) < 4.78 is 22.0. The van der Waals surface area contributed by atoms with Crippen LogP contribution in [0.3, 0.4) is 0 Å². The van der Waals surface area contributed by atoms with E-state index in [2.05, 4.69) is 15.2 Å². The number of para-hydroxylation sites is 1. The summed E-state index contributed by atoms with van der Waals surface area (Å²) in [5.74, 6) is 1.53. The summed E-state index contributed by atoms with van der Waals surface area (Å²) in [5.41, 5.74) is 1.14. The molecule has 0 aliphatic rings. The number of hydrogen-bond donors (Lipinski definition) is 0. The van der Waals surface area contributed by atoms with Crippen LogP contribution in [-0.4, -0.2) is 32.1 Å². The van der Waals surface area contributed by atoms with Crippen molar-refractivity contribution in [2.45, 2.75) is 5.16 Å². The van der Waals surface area contributed by atoms with Crippen LogP contribution in [0.25, 0.3) is 17.1 Å². The van der Waals surface area contributed by atoms with Crippen LogP contribution in [0.1, 0.15) is 0 Å². The van der Waals surface area contributed by atoms with Gasteiger partial charge >= 0.3 is 0 Å². The van der Waals surface area contributed by atoms with Crippen LogP contribution in [0.4, 0.5) is 4.39 Å². The van der Waals surface area contributed by atoms with Gasteiger partial charge in [-0.25, -0.2) is 4.39 Å². The highest BCUT2D eigenvalue weighted by Crippen LogP contribution is 2.29. The van der Waals surface area contributed by atoms with E-state index in [9.17, 15) is 4.39 Å². The molecule has 0 amide bonds. The van der Waals surface area contributed by atoms with Crippen LogP contribution in [0.2, 0.25) is 5.02 Å². The largest absolute Gasteiger partial charge is 0.493 e. The highest BCUT2D eigenvalue weighted by atomic mass is 35.5. The fourth-order valence-electron chi connectivity index (χ4n) is 2.72. The van der Waals surface area contributed by atoms with Gasteiger partial charge in [-0.1, -0.05) is 35.5 Å². The second kappa shape index (κ2) is 9.07. The van der Waals surface area contributed by atoms with Crippen LogP contribution < -0.4 is 4.74 Å². The lowest BCUT2D eigenvalue weighted by Crippen LogP contribution is -2.05. The predicted octanol–water partition coefficient (Wildman–Crippen LogP) is 5.29. The molecule has 146 valence electrons. The van der Waals surface area contributed by atoms with Gasteiger partial charge in [-0.15, -0.1) is 10.2 Å². The van der Waals surface area contributed by atoms with E-state index in [1.807, 2.05) is 24.3 Å². The Balaban J connectivity index is 1.56. The smallest absolute Gasteiger partial charge is 0.196 e. The number of thioether (sulfide) groups is 1. The van der Waals surface area contributed by atoms with Gasteiger partial charge in [0.05, 0.1) is 12.3 Å². The van der Waals surface area contributed by atoms with Crippen molar-refractivity contribution < 1.29 is 9.13 Å². The third-order valence-electron chi connectivity index (χ3n) is 4.04. The van der Waals surface area contributed by atoms with E-state index in [0.29, 0.717) is 34.1 Å². The molecule has 29 heavy (non-hydrogen) atoms. The molecule has 0 N–H and O–H groups in total. The fraction of sp³-hybridized carbons (Fsp3) is 0.0952. The first-order valence-electron chi connectivity index (χ1n) is 8.84. The number of rotatable bonds is 7. The van der Waals surface area contributed by atoms with E-state index in [-0.39, 0.29) is 5.82 Å². The summed E-state index contributed by atoms with van der Waals surface area (Å²) >= 11 is 7.32. The Morgan fingerprint density at radius 3 is 2.59 bits per heavy atom. The fourth-order valence-corrected chi connectivity index (χ4v) is 3.61. The number of ether oxygens (including phenoxy) is 1. The van der Waals surface area contributed by atoms with Gasteiger partial charge in [0.15, 0.2) is 11.0 Å². The maximum atomic E-state index is 14.5. The van der Waals surface area contributed by atoms with Crippen molar-refractivity contribution in [2.75, 3.05) is 12.4 Å². The Morgan fingerprint density at radius 1 is 1.00 bits per heavy atom. The van der Waals surface area contributed by atoms with Crippen molar-refractivity contribution in [3.8, 4) is 22.8 Å². The molecular weight excluding hydrogens is 411 g/mol. The van der Waals surface area contributed by atoms with E-state index in [4.69, 9.17) is 16.3 Å². The lowest BCUT2D eigenvalue weighted by Gasteiger charge is -2.11. The highest BCUT2D eigenvalue weighted by Gasteiger charge is 2.18. The number of nitrogens with zero attached hydrogens (tertiary/aromatic N) is 4. The summed E-state index contributed by atoms with van der Waals surface area (Å²) in [6.07, 6.45) is 3.36. The third-order valence-corrected chi connectivity index (χ3v) is 5.19. The Hall–Kier alpha value is -2.90. The lowest BCUT2D eigenvalue weighted by molar-refractivity contribution is 0.344. The van der Waals surface area contributed by atoms with Gasteiger partial charge in [0, 0.05) is 28.7 Å². The molecule has 0 bridgehead atoms. The maximum absolute atomic E-state index is 14.5. The molecule has 0 saturated heterocycles. The van der Waals surface area contributed by atoms with Crippen molar-refractivity contribution in [2.24, 2.45) is 0 Å². The standard InChI is InChI=1S/C21H16ClFN4OS/c22-16-7-9-17(10-8-16)28-12-13-29-21-26-25-20(15-4-3-11-24-14-15)27(21)19-6-2-1-5-18(19)23/h1-11,14H,12-13H2. The van der Waals surface area contributed by atoms with Crippen molar-refractivity contribution in [3.63, 3.8) is 0 Å². The quantitative estimate of drug-likeness (QED) is 0.297. The zero-order valence-corrected chi connectivity index (χ0v) is 16.8. The Morgan fingerprint density at radius 2 is 1.83 bits per heavy atom. The summed E-state index contributed by atoms with van der Waals surface area (Å²) in [6, 6.07) is 17.4. The molecule has 0 atom stereocenters. The monoisotopic (exact) mass is 426 g/mol. The summed E-state index contributed by atoms with van der Waals surface area (Å²) in [7, 11) is 0. The first-order chi connectivity index (χ1) is 14.2. The molecule has 2 aromatic heterocycles. The number of halogens is 2. The Bertz CT molecular complexity index is 1090. The minimum absolute atomic E-state index is 0.350. The number of pyridine rings is 1. The molecule has 5 nitrogen and oxygen atoms in total. The van der Waals surface area contributed by atoms with Gasteiger partial charge in [0.1, 0.15) is 11.6 Å². The SMILES string of the molecule is Fc1ccccc1-n1c(SCCOc2ccc(Cl)cc2)nnc1-c1cccnc1. The molecule has 0 aliphatic carbocycles. The van der Waals surface area contributed by atoms with E-state index in [1.54, 1.807) is 47.3 Å². The van der Waals surface area contributed by atoms with Gasteiger partial charge < -0.3 is 4.74 Å². The Labute approximate surface area is 176 Å². The van der Waals surface area contributed by atoms with Crippen LogP contribution >= 0.6 is 23.4 Å². The minimum Gasteiger partial charge on any atom is -0.493 e. The highest BCUT2D eigenvalue weighted by molar-refractivity contribution is 7.99. The van der Waals surface area contributed by atoms with Gasteiger partial charge in [-0.05, 0) is 48.5 Å². The molecule has 4 rings (SSSR count). The van der Waals surface area contributed by atoms with Crippen molar-refractivity contribution in [1.29, 1.82) is 0 Å². The van der Waals surface area contributed by atoms with E-state index in [1.165, 1.54) is 17.8 Å². The van der Waals surface area contributed by atoms with Crippen LogP contribution in [-0.2, 0) is 0 Å². The summed E-state index contributed by atoms with van der Waals surface area (Å²) in [5, 5.41) is 9.79. The lowest BCUT2D eigenvalue weighted by atomic mass is 10.2. The van der Waals surface area contributed by atoms with Gasteiger partial charge in [-0.3, -0.25) is 9.55 Å². The molecule has 0 radical (unpaired) electrons. The average Bonchev–Trinajstić information content (AvgIpc) is 3.17. The Kier molecular flexibility index (Phi) is 6.07. The first-order valence-corrected chi connectivity index (χ1v) is 10.2. The van der Waals surface area contributed by atoms with Crippen molar-refractivity contribution in [1.82, 2.24) is 19.7 Å². The average molecular weight is 427 g/mol. The number of aromatic nitrogens is 4. The van der Waals surface area contributed by atoms with Crippen LogP contribution in [0.5, 0.6) is 5.75 Å². The zero-order valence-electron chi connectivity index (χ0n) is 15.2. The molecule has 0 unspecified atom stereocenters. The summed E-state index contributed by atoms with van der Waals surface area (Å²) in [4.78, 5) is 4.13. The zero-order chi connectivity index (χ0) is 20.1. The van der Waals surface area contributed by atoms with Crippen molar-refractivity contribution >= 4 is 23.4 Å². The molecule has 8 heteroatoms. The third kappa shape index (κ3) is 4.58. The van der Waals surface area contributed by atoms with Crippen LogP contribution in [0.15, 0.2) is 78.2 Å². The van der Waals surface area contributed by atoms with E-state index in [0.717, 1.165) is 11.3 Å². The van der Waals surface area contributed by atoms with Crippen LogP contribution in [0, 0.1) is 5.82 Å². The van der Waals surface area contributed by atoms with Gasteiger partial charge in [0.2, 0.25) is 0 Å². The molecule has 2 heterocycles. The van der Waals surface area contributed by atoms with E-state index < -0.39 is 0 Å². The molecule has 2 aromatic carbocycles. The second-order valence-electron chi connectivity index (χ2n) is 5.99. The van der Waals surface area contributed by atoms with Crippen molar-refractivity contribution in [3.05, 3.63) is 83.9 Å². The van der Waals surface area contributed by atoms with Gasteiger partial charge in [0.25, 0.3) is 0 Å². The number of benzene rings is 2. The second-order valence-corrected chi connectivity index (χ2v) is 7.48. The molecule has 4 aromatic rings.